The van der Waals surface area contributed by atoms with E-state index in [0.29, 0.717) is 12.0 Å². The average Bonchev–Trinajstić information content (AvgIpc) is 3.04. The normalized spacial score (nSPS) is 17.1. The van der Waals surface area contributed by atoms with Gasteiger partial charge in [0.15, 0.2) is 0 Å². The van der Waals surface area contributed by atoms with Gasteiger partial charge in [-0.3, -0.25) is 0 Å². The third kappa shape index (κ3) is 3.68. The van der Waals surface area contributed by atoms with Gasteiger partial charge in [0.05, 0.1) is 0 Å². The lowest BCUT2D eigenvalue weighted by molar-refractivity contribution is 0.245. The molecule has 0 unspecified atom stereocenters. The molecule has 2 nitrogen and oxygen atoms in total. The van der Waals surface area contributed by atoms with Crippen LogP contribution in [-0.2, 0) is 6.54 Å². The molecule has 17 heavy (non-hydrogen) atoms. The first-order valence-corrected chi connectivity index (χ1v) is 7.08. The Kier molecular flexibility index (Phi) is 4.47. The van der Waals surface area contributed by atoms with Crippen LogP contribution >= 0.6 is 27.5 Å². The summed E-state index contributed by atoms with van der Waals surface area (Å²) >= 11 is 9.48. The zero-order chi connectivity index (χ0) is 12.3. The Labute approximate surface area is 115 Å². The summed E-state index contributed by atoms with van der Waals surface area (Å²) in [6, 6.07) is 5.83. The average molecular weight is 319 g/mol. The van der Waals surface area contributed by atoms with Crippen molar-refractivity contribution in [2.24, 2.45) is 5.41 Å². The minimum absolute atomic E-state index is 0.294. The molecule has 1 aromatic rings. The Hall–Kier alpha value is -0.0900. The van der Waals surface area contributed by atoms with E-state index < -0.39 is 0 Å². The zero-order valence-electron chi connectivity index (χ0n) is 9.68. The summed E-state index contributed by atoms with van der Waals surface area (Å²) in [6.45, 7) is 2.09. The van der Waals surface area contributed by atoms with Crippen LogP contribution in [0.5, 0.6) is 0 Å². The summed E-state index contributed by atoms with van der Waals surface area (Å²) in [6.07, 6.45) is 3.38. The van der Waals surface area contributed by atoms with Crippen molar-refractivity contribution in [1.29, 1.82) is 0 Å². The third-order valence-corrected chi connectivity index (χ3v) is 4.43. The van der Waals surface area contributed by atoms with Crippen LogP contribution < -0.4 is 5.32 Å². The van der Waals surface area contributed by atoms with Crippen molar-refractivity contribution in [3.63, 3.8) is 0 Å². The summed E-state index contributed by atoms with van der Waals surface area (Å²) in [5.41, 5.74) is 1.54. The summed E-state index contributed by atoms with van der Waals surface area (Å²) in [5, 5.41) is 13.2. The summed E-state index contributed by atoms with van der Waals surface area (Å²) in [4.78, 5) is 0. The van der Waals surface area contributed by atoms with Crippen molar-refractivity contribution < 1.29 is 5.11 Å². The van der Waals surface area contributed by atoms with Gasteiger partial charge in [0.1, 0.15) is 0 Å². The molecule has 0 amide bonds. The second-order valence-electron chi connectivity index (χ2n) is 4.81. The number of nitrogens with one attached hydrogen (secondary N) is 1. The molecule has 4 heteroatoms. The standard InChI is InChI=1S/C13H17BrClNO/c14-12-2-1-11(15)7-10(12)8-16-9-13(3-4-13)5-6-17/h1-2,7,16-17H,3-6,8-9H2. The fourth-order valence-corrected chi connectivity index (χ4v) is 2.65. The predicted molar refractivity (Wildman–Crippen MR) is 74.2 cm³/mol. The largest absolute Gasteiger partial charge is 0.396 e. The Morgan fingerprint density at radius 1 is 1.41 bits per heavy atom. The van der Waals surface area contributed by atoms with Crippen LogP contribution in [0.4, 0.5) is 0 Å². The summed E-state index contributed by atoms with van der Waals surface area (Å²) in [5.74, 6) is 0. The maximum atomic E-state index is 8.99. The van der Waals surface area contributed by atoms with Gasteiger partial charge in [-0.2, -0.15) is 0 Å². The molecule has 1 saturated carbocycles. The van der Waals surface area contributed by atoms with E-state index in [-0.39, 0.29) is 0 Å². The number of halogens is 2. The monoisotopic (exact) mass is 317 g/mol. The molecule has 94 valence electrons. The Balaban J connectivity index is 1.84. The number of rotatable bonds is 6. The number of aliphatic hydroxyl groups is 1. The highest BCUT2D eigenvalue weighted by molar-refractivity contribution is 9.10. The van der Waals surface area contributed by atoms with Crippen molar-refractivity contribution in [1.82, 2.24) is 5.32 Å². The second-order valence-corrected chi connectivity index (χ2v) is 6.10. The van der Waals surface area contributed by atoms with Gasteiger partial charge in [-0.05, 0) is 48.4 Å². The summed E-state index contributed by atoms with van der Waals surface area (Å²) in [7, 11) is 0. The van der Waals surface area contributed by atoms with Gasteiger partial charge < -0.3 is 10.4 Å². The molecular weight excluding hydrogens is 302 g/mol. The van der Waals surface area contributed by atoms with Gasteiger partial charge in [0, 0.05) is 29.2 Å². The first kappa shape index (κ1) is 13.3. The first-order valence-electron chi connectivity index (χ1n) is 5.91. The maximum absolute atomic E-state index is 8.99. The molecule has 0 spiro atoms. The van der Waals surface area contributed by atoms with Crippen molar-refractivity contribution in [3.8, 4) is 0 Å². The van der Waals surface area contributed by atoms with E-state index in [1.807, 2.05) is 18.2 Å². The van der Waals surface area contributed by atoms with E-state index in [2.05, 4.69) is 21.2 Å². The lowest BCUT2D eigenvalue weighted by Crippen LogP contribution is -2.24. The number of benzene rings is 1. The van der Waals surface area contributed by atoms with Crippen LogP contribution in [-0.4, -0.2) is 18.3 Å². The molecule has 1 aliphatic carbocycles. The van der Waals surface area contributed by atoms with Crippen molar-refractivity contribution in [2.75, 3.05) is 13.2 Å². The molecular formula is C13H17BrClNO. The molecule has 1 fully saturated rings. The summed E-state index contributed by atoms with van der Waals surface area (Å²) < 4.78 is 1.08. The van der Waals surface area contributed by atoms with Gasteiger partial charge in [0.25, 0.3) is 0 Å². The SMILES string of the molecule is OCCC1(CNCc2cc(Cl)ccc2Br)CC1. The minimum Gasteiger partial charge on any atom is -0.396 e. The van der Waals surface area contributed by atoms with Crippen molar-refractivity contribution >= 4 is 27.5 Å². The second kappa shape index (κ2) is 5.70. The highest BCUT2D eigenvalue weighted by Gasteiger charge is 2.41. The smallest absolute Gasteiger partial charge is 0.0436 e. The lowest BCUT2D eigenvalue weighted by Gasteiger charge is -2.15. The third-order valence-electron chi connectivity index (χ3n) is 3.42. The molecule has 1 aromatic carbocycles. The van der Waals surface area contributed by atoms with E-state index in [4.69, 9.17) is 16.7 Å². The van der Waals surface area contributed by atoms with Gasteiger partial charge >= 0.3 is 0 Å². The van der Waals surface area contributed by atoms with Crippen LogP contribution in [0.2, 0.25) is 5.02 Å². The number of hydrogen-bond donors (Lipinski definition) is 2. The van der Waals surface area contributed by atoms with Crippen LogP contribution in [0.25, 0.3) is 0 Å². The molecule has 0 aliphatic heterocycles. The van der Waals surface area contributed by atoms with Crippen LogP contribution in [0.3, 0.4) is 0 Å². The van der Waals surface area contributed by atoms with Gasteiger partial charge in [-0.15, -0.1) is 0 Å². The number of hydrogen-bond acceptors (Lipinski definition) is 2. The molecule has 2 N–H and O–H groups in total. The molecule has 0 heterocycles. The van der Waals surface area contributed by atoms with Gasteiger partial charge in [-0.1, -0.05) is 27.5 Å². The van der Waals surface area contributed by atoms with Crippen LogP contribution in [0.1, 0.15) is 24.8 Å². The quantitative estimate of drug-likeness (QED) is 0.843. The van der Waals surface area contributed by atoms with E-state index in [1.165, 1.54) is 18.4 Å². The molecule has 0 saturated heterocycles. The Bertz CT molecular complexity index is 393. The zero-order valence-corrected chi connectivity index (χ0v) is 12.0. The van der Waals surface area contributed by atoms with Gasteiger partial charge in [-0.25, -0.2) is 0 Å². The van der Waals surface area contributed by atoms with Crippen LogP contribution in [0, 0.1) is 5.41 Å². The first-order chi connectivity index (χ1) is 8.15. The van der Waals surface area contributed by atoms with E-state index in [1.54, 1.807) is 0 Å². The van der Waals surface area contributed by atoms with Crippen molar-refractivity contribution in [3.05, 3.63) is 33.3 Å². The topological polar surface area (TPSA) is 32.3 Å². The van der Waals surface area contributed by atoms with Gasteiger partial charge in [0.2, 0.25) is 0 Å². The molecule has 1 aliphatic rings. The van der Waals surface area contributed by atoms with E-state index in [0.717, 1.165) is 29.0 Å². The Morgan fingerprint density at radius 2 is 2.18 bits per heavy atom. The molecule has 0 aromatic heterocycles. The molecule has 0 bridgehead atoms. The predicted octanol–water partition coefficient (Wildman–Crippen LogP) is 3.35. The molecule has 0 atom stereocenters. The van der Waals surface area contributed by atoms with E-state index in [9.17, 15) is 0 Å². The van der Waals surface area contributed by atoms with Crippen molar-refractivity contribution in [2.45, 2.75) is 25.8 Å². The fourth-order valence-electron chi connectivity index (χ4n) is 2.07. The lowest BCUT2D eigenvalue weighted by atomic mass is 10.0. The molecule has 0 radical (unpaired) electrons. The molecule has 2 rings (SSSR count). The minimum atomic E-state index is 0.294. The van der Waals surface area contributed by atoms with Crippen LogP contribution in [0.15, 0.2) is 22.7 Å². The Morgan fingerprint density at radius 3 is 2.82 bits per heavy atom. The highest BCUT2D eigenvalue weighted by Crippen LogP contribution is 2.47. The number of aliphatic hydroxyl groups excluding tert-OH is 1. The highest BCUT2D eigenvalue weighted by atomic mass is 79.9. The maximum Gasteiger partial charge on any atom is 0.0436 e. The fraction of sp³-hybridized carbons (Fsp3) is 0.538. The van der Waals surface area contributed by atoms with E-state index >= 15 is 0 Å².